The third-order valence-electron chi connectivity index (χ3n) is 8.91. The van der Waals surface area contributed by atoms with Gasteiger partial charge in [-0.15, -0.1) is 45.3 Å². The number of rotatable bonds is 4. The minimum atomic E-state index is 1.29. The van der Waals surface area contributed by atoms with E-state index in [4.69, 9.17) is 0 Å². The maximum absolute atomic E-state index is 2.39. The van der Waals surface area contributed by atoms with E-state index in [1.807, 2.05) is 45.3 Å². The molecule has 6 aromatic carbocycles. The van der Waals surface area contributed by atoms with Crippen molar-refractivity contribution in [3.8, 4) is 20.9 Å². The molecule has 10 rings (SSSR count). The highest BCUT2D eigenvalue weighted by Crippen LogP contribution is 2.43. The number of benzene rings is 6. The molecule has 10 aromatic rings. The third-order valence-corrected chi connectivity index (χ3v) is 13.3. The number of hydrogen-bond acceptors (Lipinski definition) is 4. The molecule has 216 valence electrons. The number of fused-ring (bicyclic) bond motifs is 8. The molecule has 0 aliphatic carbocycles. The smallest absolute Gasteiger partial charge is 0.0356 e. The van der Waals surface area contributed by atoms with Crippen LogP contribution in [0.15, 0.2) is 133 Å². The molecule has 0 saturated carbocycles. The molecule has 0 bridgehead atoms. The van der Waals surface area contributed by atoms with Crippen molar-refractivity contribution in [2.24, 2.45) is 0 Å². The molecule has 4 aromatic heterocycles. The highest BCUT2D eigenvalue weighted by molar-refractivity contribution is 7.24. The predicted molar refractivity (Wildman–Crippen MR) is 209 cm³/mol. The molecule has 0 atom stereocenters. The monoisotopic (exact) mass is 656 g/mol. The molecule has 46 heavy (non-hydrogen) atoms. The van der Waals surface area contributed by atoms with Crippen molar-refractivity contribution in [3.05, 3.63) is 143 Å². The zero-order chi connectivity index (χ0) is 30.2. The minimum absolute atomic E-state index is 1.29. The lowest BCUT2D eigenvalue weighted by Gasteiger charge is -2.01. The molecule has 0 N–H and O–H groups in total. The molecular formula is C42H24S4. The van der Waals surface area contributed by atoms with E-state index in [0.717, 1.165) is 0 Å². The van der Waals surface area contributed by atoms with Crippen molar-refractivity contribution >= 4 is 119 Å². The molecule has 0 spiro atoms. The summed E-state index contributed by atoms with van der Waals surface area (Å²) in [6.07, 6.45) is 4.59. The Labute approximate surface area is 281 Å². The van der Waals surface area contributed by atoms with Crippen molar-refractivity contribution in [2.45, 2.75) is 0 Å². The maximum Gasteiger partial charge on any atom is 0.0356 e. The molecular weight excluding hydrogens is 633 g/mol. The van der Waals surface area contributed by atoms with Crippen molar-refractivity contribution < 1.29 is 0 Å². The topological polar surface area (TPSA) is 0 Å². The summed E-state index contributed by atoms with van der Waals surface area (Å²) in [6, 6.07) is 49.5. The first-order valence-corrected chi connectivity index (χ1v) is 18.6. The first-order chi connectivity index (χ1) is 22.7. The van der Waals surface area contributed by atoms with Gasteiger partial charge in [-0.2, -0.15) is 0 Å². The zero-order valence-electron chi connectivity index (χ0n) is 24.5. The van der Waals surface area contributed by atoms with Gasteiger partial charge in [0.15, 0.2) is 0 Å². The van der Waals surface area contributed by atoms with Gasteiger partial charge in [0, 0.05) is 59.9 Å². The zero-order valence-corrected chi connectivity index (χ0v) is 27.8. The highest BCUT2D eigenvalue weighted by Gasteiger charge is 2.12. The Morgan fingerprint density at radius 1 is 0.326 bits per heavy atom. The molecule has 0 aliphatic rings. The summed E-state index contributed by atoms with van der Waals surface area (Å²) in [4.78, 5) is 5.23. The van der Waals surface area contributed by atoms with Crippen LogP contribution in [-0.4, -0.2) is 0 Å². The molecule has 0 aliphatic heterocycles. The second-order valence-electron chi connectivity index (χ2n) is 11.8. The standard InChI is InChI=1S/C42H24S4/c1-3-7-27-19-29(11-9-25(27)5-1)41-23-35-33-21-31(43-37(33)15-17-39(35)45-41)13-14-32-22-34-36-24-42(46-40(36)18-16-38(34)44-32)30-12-10-26-6-2-4-8-28(26)20-30/h1-24H. The van der Waals surface area contributed by atoms with E-state index in [2.05, 4.69) is 146 Å². The Morgan fingerprint density at radius 3 is 1.17 bits per heavy atom. The van der Waals surface area contributed by atoms with Crippen LogP contribution in [0.5, 0.6) is 0 Å². The summed E-state index contributed by atoms with van der Waals surface area (Å²) in [5.74, 6) is 0. The lowest BCUT2D eigenvalue weighted by Crippen LogP contribution is -1.74. The average molecular weight is 657 g/mol. The molecule has 0 unspecified atom stereocenters. The molecule has 0 radical (unpaired) electrons. The van der Waals surface area contributed by atoms with Gasteiger partial charge in [0.1, 0.15) is 0 Å². The lowest BCUT2D eigenvalue weighted by molar-refractivity contribution is 1.74. The summed E-state index contributed by atoms with van der Waals surface area (Å²) in [5.41, 5.74) is 2.58. The normalized spacial score (nSPS) is 12.3. The van der Waals surface area contributed by atoms with Crippen molar-refractivity contribution in [1.82, 2.24) is 0 Å². The minimum Gasteiger partial charge on any atom is -0.136 e. The fraction of sp³-hybridized carbons (Fsp3) is 0. The molecule has 4 heteroatoms. The van der Waals surface area contributed by atoms with E-state index in [9.17, 15) is 0 Å². The average Bonchev–Trinajstić information content (AvgIpc) is 3.90. The SMILES string of the molecule is C(=Cc1cc2c(ccc3sc(-c4ccc5ccccc5c4)cc32)s1)c1cc2c(ccc3sc(-c4ccc5ccccc5c4)cc32)s1. The molecule has 0 saturated heterocycles. The quantitative estimate of drug-likeness (QED) is 0.177. The van der Waals surface area contributed by atoms with Crippen LogP contribution in [0.3, 0.4) is 0 Å². The van der Waals surface area contributed by atoms with E-state index >= 15 is 0 Å². The van der Waals surface area contributed by atoms with Gasteiger partial charge >= 0.3 is 0 Å². The van der Waals surface area contributed by atoms with Gasteiger partial charge in [0.2, 0.25) is 0 Å². The molecule has 4 heterocycles. The van der Waals surface area contributed by atoms with Crippen LogP contribution < -0.4 is 0 Å². The molecule has 0 fully saturated rings. The Kier molecular flexibility index (Phi) is 6.06. The Bertz CT molecular complexity index is 2620. The van der Waals surface area contributed by atoms with Gasteiger partial charge in [-0.3, -0.25) is 0 Å². The maximum atomic E-state index is 2.39. The van der Waals surface area contributed by atoms with Crippen LogP contribution in [0.4, 0.5) is 0 Å². The van der Waals surface area contributed by atoms with E-state index in [-0.39, 0.29) is 0 Å². The lowest BCUT2D eigenvalue weighted by atomic mass is 10.1. The van der Waals surface area contributed by atoms with Gasteiger partial charge in [0.25, 0.3) is 0 Å². The van der Waals surface area contributed by atoms with Gasteiger partial charge in [-0.05, 0) is 105 Å². The second-order valence-corrected chi connectivity index (χ2v) is 16.2. The van der Waals surface area contributed by atoms with Crippen LogP contribution >= 0.6 is 45.3 Å². The Hall–Kier alpha value is -4.58. The fourth-order valence-electron chi connectivity index (χ4n) is 6.60. The first kappa shape index (κ1) is 26.6. The molecule has 0 nitrogen and oxygen atoms in total. The van der Waals surface area contributed by atoms with Gasteiger partial charge in [-0.1, -0.05) is 72.8 Å². The van der Waals surface area contributed by atoms with Gasteiger partial charge in [0.05, 0.1) is 0 Å². The fourth-order valence-corrected chi connectivity index (χ4v) is 10.7. The van der Waals surface area contributed by atoms with Crippen LogP contribution in [0.2, 0.25) is 0 Å². The van der Waals surface area contributed by atoms with Crippen molar-refractivity contribution in [3.63, 3.8) is 0 Å². The summed E-state index contributed by atoms with van der Waals surface area (Å²) in [7, 11) is 0. The van der Waals surface area contributed by atoms with E-state index in [1.165, 1.54) is 92.5 Å². The van der Waals surface area contributed by atoms with Gasteiger partial charge < -0.3 is 0 Å². The van der Waals surface area contributed by atoms with Crippen LogP contribution in [0.25, 0.3) is 94.9 Å². The third kappa shape index (κ3) is 4.44. The second kappa shape index (κ2) is 10.5. The number of thiophene rings is 4. The first-order valence-electron chi connectivity index (χ1n) is 15.3. The summed E-state index contributed by atoms with van der Waals surface area (Å²) in [6.45, 7) is 0. The Balaban J connectivity index is 0.981. The number of hydrogen-bond donors (Lipinski definition) is 0. The van der Waals surface area contributed by atoms with E-state index in [1.54, 1.807) is 0 Å². The van der Waals surface area contributed by atoms with Crippen molar-refractivity contribution in [2.75, 3.05) is 0 Å². The molecule has 0 amide bonds. The van der Waals surface area contributed by atoms with Crippen LogP contribution in [-0.2, 0) is 0 Å². The highest BCUT2D eigenvalue weighted by atomic mass is 32.1. The van der Waals surface area contributed by atoms with Crippen molar-refractivity contribution in [1.29, 1.82) is 0 Å². The predicted octanol–water partition coefficient (Wildman–Crippen LogP) is 14.4. The van der Waals surface area contributed by atoms with Crippen LogP contribution in [0.1, 0.15) is 9.75 Å². The largest absolute Gasteiger partial charge is 0.136 e. The summed E-state index contributed by atoms with van der Waals surface area (Å²) >= 11 is 7.52. The summed E-state index contributed by atoms with van der Waals surface area (Å²) < 4.78 is 5.37. The summed E-state index contributed by atoms with van der Waals surface area (Å²) in [5, 5.41) is 10.6. The van der Waals surface area contributed by atoms with Gasteiger partial charge in [-0.25, -0.2) is 0 Å². The van der Waals surface area contributed by atoms with Crippen LogP contribution in [0, 0.1) is 0 Å². The Morgan fingerprint density at radius 2 is 0.717 bits per heavy atom. The van der Waals surface area contributed by atoms with E-state index < -0.39 is 0 Å². The van der Waals surface area contributed by atoms with E-state index in [0.29, 0.717) is 0 Å².